The van der Waals surface area contributed by atoms with Crippen molar-refractivity contribution in [2.75, 3.05) is 0 Å². The molecule has 0 atom stereocenters. The number of rotatable bonds is 2. The van der Waals surface area contributed by atoms with Crippen LogP contribution in [0.5, 0.6) is 0 Å². The summed E-state index contributed by atoms with van der Waals surface area (Å²) in [6.45, 7) is 27.2. The summed E-state index contributed by atoms with van der Waals surface area (Å²) in [7, 11) is 0. The molecule has 1 saturated carbocycles. The zero-order valence-electron chi connectivity index (χ0n) is 31.8. The van der Waals surface area contributed by atoms with Crippen molar-refractivity contribution in [1.82, 2.24) is 0 Å². The number of aryl methyl sites for hydroxylation is 4. The summed E-state index contributed by atoms with van der Waals surface area (Å²) in [5.74, 6) is 0. The van der Waals surface area contributed by atoms with Crippen LogP contribution in [0.3, 0.4) is 0 Å². The van der Waals surface area contributed by atoms with Crippen LogP contribution in [0.2, 0.25) is 0 Å². The molecule has 0 aromatic heterocycles. The van der Waals surface area contributed by atoms with E-state index in [9.17, 15) is 0 Å². The van der Waals surface area contributed by atoms with Crippen LogP contribution >= 0.6 is 0 Å². The summed E-state index contributed by atoms with van der Waals surface area (Å²) in [6.07, 6.45) is 8.07. The molecule has 2 aliphatic rings. The van der Waals surface area contributed by atoms with Crippen LogP contribution in [0.4, 0.5) is 0 Å². The van der Waals surface area contributed by atoms with Gasteiger partial charge < -0.3 is 24.8 Å². The number of hydrogen-bond acceptors (Lipinski definition) is 0. The van der Waals surface area contributed by atoms with Gasteiger partial charge in [-0.2, -0.15) is 41.0 Å². The first-order valence-electron chi connectivity index (χ1n) is 17.5. The number of benzene rings is 3. The molecule has 0 unspecified atom stereocenters. The van der Waals surface area contributed by atoms with E-state index in [2.05, 4.69) is 150 Å². The van der Waals surface area contributed by atoms with E-state index in [0.717, 1.165) is 6.42 Å². The van der Waals surface area contributed by atoms with Crippen LogP contribution in [0.15, 0.2) is 60.7 Å². The molecule has 0 spiro atoms. The van der Waals surface area contributed by atoms with Crippen LogP contribution in [0.25, 0.3) is 11.1 Å². The summed E-state index contributed by atoms with van der Waals surface area (Å²) in [5.41, 5.74) is 17.8. The van der Waals surface area contributed by atoms with Gasteiger partial charge in [0.05, 0.1) is 0 Å². The van der Waals surface area contributed by atoms with Gasteiger partial charge in [0, 0.05) is 0 Å². The van der Waals surface area contributed by atoms with Gasteiger partial charge in [-0.15, -0.1) is 16.7 Å². The molecule has 48 heavy (non-hydrogen) atoms. The maximum Gasteiger partial charge on any atom is -0.0129 e. The molecule has 258 valence electrons. The second-order valence-corrected chi connectivity index (χ2v) is 18.3. The Balaban J connectivity index is 0.000000272. The Morgan fingerprint density at radius 2 is 1.33 bits per heavy atom. The predicted octanol–water partition coefficient (Wildman–Crippen LogP) is 6.30. The predicted molar refractivity (Wildman–Crippen MR) is 199 cm³/mol. The molecule has 0 bridgehead atoms. The van der Waals surface area contributed by atoms with Gasteiger partial charge in [0.15, 0.2) is 0 Å². The van der Waals surface area contributed by atoms with Crippen molar-refractivity contribution in [3.05, 3.63) is 122 Å². The quantitative estimate of drug-likeness (QED) is 0.186. The first-order chi connectivity index (χ1) is 21.4. The fourth-order valence-corrected chi connectivity index (χ4v) is 7.79. The molecule has 0 nitrogen and oxygen atoms in total. The fraction of sp³-hybridized carbons (Fsp3) is 0.467. The Morgan fingerprint density at radius 1 is 0.771 bits per heavy atom. The van der Waals surface area contributed by atoms with Crippen LogP contribution in [-0.2, 0) is 46.9 Å². The first-order valence-corrected chi connectivity index (χ1v) is 18.7. The van der Waals surface area contributed by atoms with Gasteiger partial charge in [-0.25, -0.2) is 6.07 Å². The number of hydrogen-bond donors (Lipinski definition) is 0. The van der Waals surface area contributed by atoms with E-state index in [1.807, 2.05) is 0 Å². The molecular formula is C45H58Cl2Zr-2. The second-order valence-electron chi connectivity index (χ2n) is 16.5. The molecule has 0 aliphatic heterocycles. The van der Waals surface area contributed by atoms with Gasteiger partial charge in [-0.3, -0.25) is 0 Å². The van der Waals surface area contributed by atoms with E-state index in [1.165, 1.54) is 121 Å². The Hall–Kier alpha value is -1.66. The van der Waals surface area contributed by atoms with Gasteiger partial charge in [0.1, 0.15) is 0 Å². The monoisotopic (exact) mass is 758 g/mol. The van der Waals surface area contributed by atoms with Crippen LogP contribution in [0, 0.1) is 33.8 Å². The zero-order valence-corrected chi connectivity index (χ0v) is 35.7. The molecule has 0 radical (unpaired) electrons. The summed E-state index contributed by atoms with van der Waals surface area (Å²) < 4.78 is 1.46. The summed E-state index contributed by atoms with van der Waals surface area (Å²) in [4.78, 5) is 0. The second kappa shape index (κ2) is 17.0. The van der Waals surface area contributed by atoms with Gasteiger partial charge >= 0.3 is 76.7 Å². The number of halogens is 2. The SMILES string of the molecule is C[C](=[Zr+2])c1ccc(C)cc1.Cc1[c-]c2c(cc1C(C)(C)C)-c1cc(C(C)(C)C)c(C)cc1C2.Cc1cc(C2(C)CCCCC2)c[cH-]1.[Cl-].[Cl-]. The van der Waals surface area contributed by atoms with Crippen molar-refractivity contribution < 1.29 is 49.0 Å². The molecular weight excluding hydrogens is 703 g/mol. The van der Waals surface area contributed by atoms with Gasteiger partial charge in [-0.05, 0) is 35.4 Å². The molecule has 1 fully saturated rings. The van der Waals surface area contributed by atoms with Crippen molar-refractivity contribution in [2.24, 2.45) is 0 Å². The average Bonchev–Trinajstić information content (AvgIpc) is 3.55. The molecule has 2 aliphatic carbocycles. The third kappa shape index (κ3) is 10.4. The fourth-order valence-electron chi connectivity index (χ4n) is 7.39. The molecule has 4 aromatic carbocycles. The average molecular weight is 761 g/mol. The molecule has 0 saturated heterocycles. The van der Waals surface area contributed by atoms with E-state index in [0.29, 0.717) is 5.41 Å². The van der Waals surface area contributed by atoms with Crippen LogP contribution in [0.1, 0.15) is 143 Å². The van der Waals surface area contributed by atoms with Gasteiger partial charge in [-0.1, -0.05) is 123 Å². The Labute approximate surface area is 321 Å². The summed E-state index contributed by atoms with van der Waals surface area (Å²) >= 11 is 1.51. The van der Waals surface area contributed by atoms with E-state index in [1.54, 1.807) is 5.56 Å². The minimum absolute atomic E-state index is 0. The molecule has 0 N–H and O–H groups in total. The number of fused-ring (bicyclic) bond motifs is 3. The van der Waals surface area contributed by atoms with Crippen molar-refractivity contribution >= 4 is 3.21 Å². The zero-order chi connectivity index (χ0) is 34.0. The minimum atomic E-state index is 0. The van der Waals surface area contributed by atoms with Crippen LogP contribution in [-0.4, -0.2) is 3.21 Å². The largest absolute Gasteiger partial charge is 1.00 e. The first kappa shape index (κ1) is 42.5. The molecule has 0 heterocycles. The van der Waals surface area contributed by atoms with Crippen molar-refractivity contribution in [1.29, 1.82) is 0 Å². The maximum atomic E-state index is 3.69. The minimum Gasteiger partial charge on any atom is -1.00 e. The van der Waals surface area contributed by atoms with Gasteiger partial charge in [0.25, 0.3) is 0 Å². The van der Waals surface area contributed by atoms with E-state index in [-0.39, 0.29) is 35.6 Å². The van der Waals surface area contributed by atoms with E-state index >= 15 is 0 Å². The van der Waals surface area contributed by atoms with E-state index in [4.69, 9.17) is 0 Å². The standard InChI is InChI=1S/C23H29.C13H19.C9H10.2ClH.Zr/c1-14-9-16-11-17-10-15(2)21(23(6,7)8)13-19(17)18(16)12-20(14)22(3,4)5;1-11-6-7-12(10-11)13(2)8-4-3-5-9-13;1-3-9-6-4-8(2)5-7-9;;;/h9,12-13H,11H2,1-8H3;6-7,10H,3-5,8-9H2,1-2H3;4-7H,1-2H3;2*1H;/q2*-1;;;;+2/p-2. The molecule has 0 amide bonds. The van der Waals surface area contributed by atoms with Crippen LogP contribution < -0.4 is 24.8 Å². The summed E-state index contributed by atoms with van der Waals surface area (Å²) in [5, 5.41) is 0. The Kier molecular flexibility index (Phi) is 15.1. The van der Waals surface area contributed by atoms with Crippen molar-refractivity contribution in [2.45, 2.75) is 138 Å². The Morgan fingerprint density at radius 3 is 1.83 bits per heavy atom. The smallest absolute Gasteiger partial charge is 0.0129 e. The maximum absolute atomic E-state index is 3.69. The van der Waals surface area contributed by atoms with E-state index < -0.39 is 0 Å². The Bertz CT molecular complexity index is 1600. The molecule has 3 heteroatoms. The topological polar surface area (TPSA) is 0 Å². The molecule has 6 rings (SSSR count). The normalized spacial score (nSPS) is 14.5. The van der Waals surface area contributed by atoms with Crippen molar-refractivity contribution in [3.8, 4) is 11.1 Å². The molecule has 4 aromatic rings. The van der Waals surface area contributed by atoms with Crippen molar-refractivity contribution in [3.63, 3.8) is 0 Å². The third-order valence-corrected chi connectivity index (χ3v) is 10.8. The van der Waals surface area contributed by atoms with Gasteiger partial charge in [0.2, 0.25) is 0 Å². The summed E-state index contributed by atoms with van der Waals surface area (Å²) in [6, 6.07) is 26.6. The third-order valence-electron chi connectivity index (χ3n) is 10.1.